The molecule has 0 saturated carbocycles. The summed E-state index contributed by atoms with van der Waals surface area (Å²) in [5.74, 6) is 0. The Labute approximate surface area is 121 Å². The number of aromatic nitrogens is 2. The first-order valence-corrected chi connectivity index (χ1v) is 7.30. The smallest absolute Gasteiger partial charge is 0.0677 e. The number of rotatable bonds is 4. The van der Waals surface area contributed by atoms with Crippen LogP contribution in [0.5, 0.6) is 0 Å². The van der Waals surface area contributed by atoms with Gasteiger partial charge in [0.15, 0.2) is 0 Å². The van der Waals surface area contributed by atoms with Gasteiger partial charge in [-0.05, 0) is 36.6 Å². The minimum Gasteiger partial charge on any atom is -0.265 e. The molecule has 0 amide bonds. The molecule has 0 aliphatic rings. The van der Waals surface area contributed by atoms with Crippen molar-refractivity contribution in [3.8, 4) is 0 Å². The molecule has 2 nitrogen and oxygen atoms in total. The highest BCUT2D eigenvalue weighted by Gasteiger charge is 2.08. The highest BCUT2D eigenvalue weighted by molar-refractivity contribution is 9.10. The first-order chi connectivity index (χ1) is 8.63. The summed E-state index contributed by atoms with van der Waals surface area (Å²) in [6.45, 7) is 5.00. The molecule has 0 fully saturated rings. The summed E-state index contributed by atoms with van der Waals surface area (Å²) in [5.41, 5.74) is 3.49. The topological polar surface area (TPSA) is 17.8 Å². The summed E-state index contributed by atoms with van der Waals surface area (Å²) in [6, 6.07) is 8.15. The van der Waals surface area contributed by atoms with E-state index in [1.165, 1.54) is 5.69 Å². The first kappa shape index (κ1) is 13.6. The molecule has 2 rings (SSSR count). The molecule has 4 heteroatoms. The fourth-order valence-electron chi connectivity index (χ4n) is 1.92. The molecule has 0 atom stereocenters. The van der Waals surface area contributed by atoms with Gasteiger partial charge in [-0.15, -0.1) is 0 Å². The van der Waals surface area contributed by atoms with Crippen molar-refractivity contribution < 1.29 is 0 Å². The van der Waals surface area contributed by atoms with Gasteiger partial charge in [-0.1, -0.05) is 47.4 Å². The van der Waals surface area contributed by atoms with Crippen molar-refractivity contribution in [3.05, 3.63) is 50.7 Å². The zero-order valence-corrected chi connectivity index (χ0v) is 12.9. The summed E-state index contributed by atoms with van der Waals surface area (Å²) in [7, 11) is 0. The summed E-state index contributed by atoms with van der Waals surface area (Å²) < 4.78 is 3.05. The number of hydrogen-bond donors (Lipinski definition) is 0. The van der Waals surface area contributed by atoms with Crippen LogP contribution >= 0.6 is 27.5 Å². The van der Waals surface area contributed by atoms with E-state index in [0.717, 1.165) is 40.1 Å². The lowest BCUT2D eigenvalue weighted by Crippen LogP contribution is -2.06. The van der Waals surface area contributed by atoms with Crippen LogP contribution in [0.2, 0.25) is 5.02 Å². The van der Waals surface area contributed by atoms with Crippen molar-refractivity contribution in [2.24, 2.45) is 0 Å². The first-order valence-electron chi connectivity index (χ1n) is 6.13. The maximum Gasteiger partial charge on any atom is 0.0677 e. The van der Waals surface area contributed by atoms with E-state index < -0.39 is 0 Å². The SMILES string of the molecule is CCc1cc(CC)n(Cc2ccc(Br)cc2Cl)n1. The molecule has 1 aromatic heterocycles. The number of benzene rings is 1. The van der Waals surface area contributed by atoms with Crippen LogP contribution in [-0.4, -0.2) is 9.78 Å². The Morgan fingerprint density at radius 2 is 2.00 bits per heavy atom. The number of hydrogen-bond acceptors (Lipinski definition) is 1. The van der Waals surface area contributed by atoms with Crippen LogP contribution in [0.1, 0.15) is 30.8 Å². The predicted octanol–water partition coefficient (Wildman–Crippen LogP) is 4.47. The zero-order valence-electron chi connectivity index (χ0n) is 10.6. The monoisotopic (exact) mass is 326 g/mol. The predicted molar refractivity (Wildman–Crippen MR) is 79.2 cm³/mol. The van der Waals surface area contributed by atoms with E-state index in [0.29, 0.717) is 0 Å². The van der Waals surface area contributed by atoms with E-state index in [-0.39, 0.29) is 0 Å². The molecule has 0 unspecified atom stereocenters. The van der Waals surface area contributed by atoms with E-state index in [4.69, 9.17) is 11.6 Å². The minimum atomic E-state index is 0.731. The van der Waals surface area contributed by atoms with Gasteiger partial charge in [0.1, 0.15) is 0 Å². The van der Waals surface area contributed by atoms with Gasteiger partial charge in [-0.3, -0.25) is 4.68 Å². The van der Waals surface area contributed by atoms with Crippen LogP contribution in [0.25, 0.3) is 0 Å². The van der Waals surface area contributed by atoms with E-state index in [1.807, 2.05) is 22.9 Å². The second kappa shape index (κ2) is 5.89. The second-order valence-corrected chi connectivity index (χ2v) is 5.55. The van der Waals surface area contributed by atoms with Crippen LogP contribution in [0.4, 0.5) is 0 Å². The van der Waals surface area contributed by atoms with Crippen molar-refractivity contribution >= 4 is 27.5 Å². The molecular formula is C14H16BrClN2. The Morgan fingerprint density at radius 3 is 2.61 bits per heavy atom. The lowest BCUT2D eigenvalue weighted by Gasteiger charge is -2.08. The van der Waals surface area contributed by atoms with Gasteiger partial charge in [0.2, 0.25) is 0 Å². The standard InChI is InChI=1S/C14H16BrClN2/c1-3-12-8-13(4-2)18(17-12)9-10-5-6-11(15)7-14(10)16/h5-8H,3-4,9H2,1-2H3. The Balaban J connectivity index is 2.30. The van der Waals surface area contributed by atoms with Gasteiger partial charge < -0.3 is 0 Å². The summed E-state index contributed by atoms with van der Waals surface area (Å²) in [5, 5.41) is 5.38. The Morgan fingerprint density at radius 1 is 1.22 bits per heavy atom. The third-order valence-corrected chi connectivity index (χ3v) is 3.82. The molecule has 2 aromatic rings. The second-order valence-electron chi connectivity index (χ2n) is 4.23. The molecular weight excluding hydrogens is 312 g/mol. The largest absolute Gasteiger partial charge is 0.265 e. The van der Waals surface area contributed by atoms with Crippen LogP contribution in [0.15, 0.2) is 28.7 Å². The maximum absolute atomic E-state index is 6.24. The van der Waals surface area contributed by atoms with Crippen molar-refractivity contribution in [2.75, 3.05) is 0 Å². The fourth-order valence-corrected chi connectivity index (χ4v) is 2.65. The van der Waals surface area contributed by atoms with Gasteiger partial charge in [0.25, 0.3) is 0 Å². The van der Waals surface area contributed by atoms with Crippen LogP contribution < -0.4 is 0 Å². The van der Waals surface area contributed by atoms with Gasteiger partial charge in [-0.2, -0.15) is 5.10 Å². The van der Waals surface area contributed by atoms with Crippen molar-refractivity contribution in [3.63, 3.8) is 0 Å². The van der Waals surface area contributed by atoms with Gasteiger partial charge in [0, 0.05) is 15.2 Å². The average molecular weight is 328 g/mol. The summed E-state index contributed by atoms with van der Waals surface area (Å²) in [6.07, 6.45) is 1.95. The van der Waals surface area contributed by atoms with Gasteiger partial charge in [0.05, 0.1) is 12.2 Å². The molecule has 0 bridgehead atoms. The Bertz CT molecular complexity index is 549. The Kier molecular flexibility index (Phi) is 4.46. The molecule has 0 N–H and O–H groups in total. The molecule has 18 heavy (non-hydrogen) atoms. The highest BCUT2D eigenvalue weighted by atomic mass is 79.9. The van der Waals surface area contributed by atoms with E-state index in [2.05, 4.69) is 40.9 Å². The highest BCUT2D eigenvalue weighted by Crippen LogP contribution is 2.22. The molecule has 0 aliphatic heterocycles. The summed E-state index contributed by atoms with van der Waals surface area (Å²) >= 11 is 9.66. The molecule has 0 radical (unpaired) electrons. The lowest BCUT2D eigenvalue weighted by atomic mass is 10.2. The van der Waals surface area contributed by atoms with Crippen molar-refractivity contribution in [1.82, 2.24) is 9.78 Å². The quantitative estimate of drug-likeness (QED) is 0.810. The van der Waals surface area contributed by atoms with Gasteiger partial charge in [-0.25, -0.2) is 0 Å². The fraction of sp³-hybridized carbons (Fsp3) is 0.357. The molecule has 0 spiro atoms. The summed E-state index contributed by atoms with van der Waals surface area (Å²) in [4.78, 5) is 0. The zero-order chi connectivity index (χ0) is 13.1. The normalized spacial score (nSPS) is 10.9. The van der Waals surface area contributed by atoms with Crippen LogP contribution in [-0.2, 0) is 19.4 Å². The molecule has 0 aliphatic carbocycles. The molecule has 1 heterocycles. The van der Waals surface area contributed by atoms with Crippen LogP contribution in [0.3, 0.4) is 0 Å². The lowest BCUT2D eigenvalue weighted by molar-refractivity contribution is 0.640. The third kappa shape index (κ3) is 2.96. The Hall–Kier alpha value is -0.800. The minimum absolute atomic E-state index is 0.731. The number of halogens is 2. The number of nitrogens with zero attached hydrogens (tertiary/aromatic N) is 2. The van der Waals surface area contributed by atoms with E-state index in [9.17, 15) is 0 Å². The molecule has 1 aromatic carbocycles. The maximum atomic E-state index is 6.24. The molecule has 0 saturated heterocycles. The van der Waals surface area contributed by atoms with Crippen LogP contribution in [0, 0.1) is 0 Å². The molecule has 96 valence electrons. The third-order valence-electron chi connectivity index (χ3n) is 2.97. The average Bonchev–Trinajstić information content (AvgIpc) is 2.75. The van der Waals surface area contributed by atoms with Gasteiger partial charge >= 0.3 is 0 Å². The number of aryl methyl sites for hydroxylation is 2. The van der Waals surface area contributed by atoms with E-state index >= 15 is 0 Å². The van der Waals surface area contributed by atoms with Crippen molar-refractivity contribution in [1.29, 1.82) is 0 Å². The van der Waals surface area contributed by atoms with Crippen molar-refractivity contribution in [2.45, 2.75) is 33.2 Å². The van der Waals surface area contributed by atoms with E-state index in [1.54, 1.807) is 0 Å².